The molecule has 0 spiro atoms. The number of anilines is 1. The highest BCUT2D eigenvalue weighted by Gasteiger charge is 2.39. The molecule has 5 nitrogen and oxygen atoms in total. The highest BCUT2D eigenvalue weighted by Crippen LogP contribution is 2.33. The third-order valence-electron chi connectivity index (χ3n) is 4.17. The molecule has 0 saturated carbocycles. The van der Waals surface area contributed by atoms with Gasteiger partial charge in [-0.25, -0.2) is 8.78 Å². The van der Waals surface area contributed by atoms with Gasteiger partial charge in [0.25, 0.3) is 11.8 Å². The summed E-state index contributed by atoms with van der Waals surface area (Å²) in [5.41, 5.74) is 0.947. The molecular weight excluding hydrogens is 384 g/mol. The van der Waals surface area contributed by atoms with Gasteiger partial charge in [0, 0.05) is 22.8 Å². The maximum absolute atomic E-state index is 13.6. The fraction of sp³-hybridized carbons (Fsp3) is 0.0500. The summed E-state index contributed by atoms with van der Waals surface area (Å²) in [6.07, 6.45) is 1.58. The molecule has 0 aliphatic carbocycles. The molecule has 3 heterocycles. The van der Waals surface area contributed by atoms with E-state index in [0.29, 0.717) is 10.6 Å². The van der Waals surface area contributed by atoms with Gasteiger partial charge in [-0.05, 0) is 35.7 Å². The average Bonchev–Trinajstić information content (AvgIpc) is 3.29. The number of benzene rings is 1. The van der Waals surface area contributed by atoms with Crippen molar-refractivity contribution in [3.63, 3.8) is 0 Å². The van der Waals surface area contributed by atoms with Crippen molar-refractivity contribution < 1.29 is 18.4 Å². The molecule has 1 aliphatic rings. The third-order valence-corrected chi connectivity index (χ3v) is 5.06. The van der Waals surface area contributed by atoms with Crippen LogP contribution >= 0.6 is 11.3 Å². The molecule has 3 aromatic rings. The lowest BCUT2D eigenvalue weighted by atomic mass is 10.2. The number of rotatable bonds is 5. The number of amides is 2. The van der Waals surface area contributed by atoms with E-state index in [1.165, 1.54) is 17.4 Å². The van der Waals surface area contributed by atoms with Crippen molar-refractivity contribution >= 4 is 34.4 Å². The minimum atomic E-state index is -1.05. The molecule has 0 radical (unpaired) electrons. The van der Waals surface area contributed by atoms with Crippen molar-refractivity contribution in [2.75, 3.05) is 5.32 Å². The number of carbonyl (C=O) groups excluding carboxylic acids is 2. The molecule has 0 fully saturated rings. The second kappa shape index (κ2) is 7.32. The molecule has 4 rings (SSSR count). The number of hydrogen-bond acceptors (Lipinski definition) is 5. The minimum Gasteiger partial charge on any atom is -0.350 e. The zero-order chi connectivity index (χ0) is 19.7. The first-order valence-electron chi connectivity index (χ1n) is 8.31. The zero-order valence-electron chi connectivity index (χ0n) is 14.4. The number of nitrogens with one attached hydrogen (secondary N) is 1. The summed E-state index contributed by atoms with van der Waals surface area (Å²) in [5, 5.41) is 4.58. The first kappa shape index (κ1) is 18.0. The largest absolute Gasteiger partial charge is 0.350 e. The lowest BCUT2D eigenvalue weighted by molar-refractivity contribution is -0.137. The molecule has 0 atom stereocenters. The van der Waals surface area contributed by atoms with Crippen LogP contribution in [0.5, 0.6) is 0 Å². The van der Waals surface area contributed by atoms with Gasteiger partial charge in [0.2, 0.25) is 0 Å². The topological polar surface area (TPSA) is 62.3 Å². The number of carbonyl (C=O) groups is 2. The molecule has 2 aromatic heterocycles. The molecule has 140 valence electrons. The first-order valence-corrected chi connectivity index (χ1v) is 9.19. The van der Waals surface area contributed by atoms with E-state index < -0.39 is 23.4 Å². The van der Waals surface area contributed by atoms with Crippen molar-refractivity contribution in [1.82, 2.24) is 9.88 Å². The fourth-order valence-electron chi connectivity index (χ4n) is 2.86. The van der Waals surface area contributed by atoms with Crippen LogP contribution in [0, 0.1) is 11.6 Å². The predicted molar refractivity (Wildman–Crippen MR) is 101 cm³/mol. The maximum atomic E-state index is 13.6. The molecule has 2 amide bonds. The molecular formula is C20H13F2N3O2S. The molecule has 0 saturated heterocycles. The Bertz CT molecular complexity index is 1080. The van der Waals surface area contributed by atoms with Crippen molar-refractivity contribution in [1.29, 1.82) is 0 Å². The van der Waals surface area contributed by atoms with E-state index in [-0.39, 0.29) is 23.5 Å². The van der Waals surface area contributed by atoms with Gasteiger partial charge in [-0.3, -0.25) is 19.5 Å². The summed E-state index contributed by atoms with van der Waals surface area (Å²) in [6.45, 7) is 0.0103. The van der Waals surface area contributed by atoms with E-state index >= 15 is 0 Å². The Hall–Kier alpha value is -3.39. The smallest absolute Gasteiger partial charge is 0.278 e. The van der Waals surface area contributed by atoms with Crippen molar-refractivity contribution in [2.45, 2.75) is 6.54 Å². The molecule has 28 heavy (non-hydrogen) atoms. The summed E-state index contributed by atoms with van der Waals surface area (Å²) in [7, 11) is 0. The van der Waals surface area contributed by atoms with Crippen molar-refractivity contribution in [2.24, 2.45) is 0 Å². The normalized spacial score (nSPS) is 14.1. The van der Waals surface area contributed by atoms with E-state index in [2.05, 4.69) is 10.3 Å². The van der Waals surface area contributed by atoms with Crippen LogP contribution in [0.4, 0.5) is 14.5 Å². The summed E-state index contributed by atoms with van der Waals surface area (Å²) in [4.78, 5) is 31.8. The Balaban J connectivity index is 1.72. The van der Waals surface area contributed by atoms with Crippen LogP contribution < -0.4 is 5.32 Å². The van der Waals surface area contributed by atoms with E-state index in [4.69, 9.17) is 0 Å². The molecule has 1 N–H and O–H groups in total. The SMILES string of the molecule is O=C1C(Nc2ccc(F)c(F)c2)=C(c2cccs2)C(=O)N1Cc1ccccn1. The average molecular weight is 397 g/mol. The summed E-state index contributed by atoms with van der Waals surface area (Å²) < 4.78 is 26.8. The number of thiophene rings is 1. The van der Waals surface area contributed by atoms with Crippen LogP contribution in [0.25, 0.3) is 5.57 Å². The molecule has 1 aliphatic heterocycles. The van der Waals surface area contributed by atoms with Crippen molar-refractivity contribution in [3.8, 4) is 0 Å². The fourth-order valence-corrected chi connectivity index (χ4v) is 3.62. The van der Waals surface area contributed by atoms with E-state index in [1.807, 2.05) is 0 Å². The van der Waals surface area contributed by atoms with Crippen LogP contribution in [0.15, 0.2) is 65.8 Å². The van der Waals surface area contributed by atoms with Gasteiger partial charge < -0.3 is 5.32 Å². The maximum Gasteiger partial charge on any atom is 0.278 e. The number of aromatic nitrogens is 1. The van der Waals surface area contributed by atoms with Gasteiger partial charge in [-0.2, -0.15) is 0 Å². The lowest BCUT2D eigenvalue weighted by Gasteiger charge is -2.14. The number of pyridine rings is 1. The quantitative estimate of drug-likeness (QED) is 0.665. The zero-order valence-corrected chi connectivity index (χ0v) is 15.2. The second-order valence-electron chi connectivity index (χ2n) is 6.00. The first-order chi connectivity index (χ1) is 13.5. The Morgan fingerprint density at radius 3 is 2.54 bits per heavy atom. The number of halogens is 2. The number of nitrogens with zero attached hydrogens (tertiary/aromatic N) is 2. The Labute approximate surface area is 162 Å². The van der Waals surface area contributed by atoms with Crippen LogP contribution in [0.1, 0.15) is 10.6 Å². The van der Waals surface area contributed by atoms with Gasteiger partial charge in [0.05, 0.1) is 17.8 Å². The number of imide groups is 1. The second-order valence-corrected chi connectivity index (χ2v) is 6.95. The van der Waals surface area contributed by atoms with Crippen LogP contribution in [-0.4, -0.2) is 21.7 Å². The van der Waals surface area contributed by atoms with E-state index in [0.717, 1.165) is 17.0 Å². The highest BCUT2D eigenvalue weighted by atomic mass is 32.1. The van der Waals surface area contributed by atoms with Gasteiger partial charge in [-0.1, -0.05) is 12.1 Å². The van der Waals surface area contributed by atoms with Crippen molar-refractivity contribution in [3.05, 3.63) is 88.0 Å². The van der Waals surface area contributed by atoms with Crippen LogP contribution in [0.2, 0.25) is 0 Å². The molecule has 0 unspecified atom stereocenters. The van der Waals surface area contributed by atoms with Gasteiger partial charge in [0.15, 0.2) is 11.6 Å². The summed E-state index contributed by atoms with van der Waals surface area (Å²) in [6, 6.07) is 11.9. The third kappa shape index (κ3) is 3.29. The van der Waals surface area contributed by atoms with Gasteiger partial charge in [-0.15, -0.1) is 11.3 Å². The Morgan fingerprint density at radius 2 is 1.86 bits per heavy atom. The van der Waals surface area contributed by atoms with Crippen LogP contribution in [0.3, 0.4) is 0 Å². The van der Waals surface area contributed by atoms with E-state index in [9.17, 15) is 18.4 Å². The van der Waals surface area contributed by atoms with Crippen LogP contribution in [-0.2, 0) is 16.1 Å². The minimum absolute atomic E-state index is 0.0103. The summed E-state index contributed by atoms with van der Waals surface area (Å²) >= 11 is 1.31. The molecule has 0 bridgehead atoms. The van der Waals surface area contributed by atoms with Gasteiger partial charge >= 0.3 is 0 Å². The predicted octanol–water partition coefficient (Wildman–Crippen LogP) is 3.81. The Morgan fingerprint density at radius 1 is 1.00 bits per heavy atom. The summed E-state index contributed by atoms with van der Waals surface area (Å²) in [5.74, 6) is -3.07. The van der Waals surface area contributed by atoms with Gasteiger partial charge in [0.1, 0.15) is 5.70 Å². The Kier molecular flexibility index (Phi) is 4.70. The standard InChI is InChI=1S/C20H13F2N3O2S/c21-14-7-6-12(10-15(14)22)24-18-17(16-5-3-9-28-16)19(26)25(20(18)27)11-13-4-1-2-8-23-13/h1-10,24H,11H2. The molecule has 1 aromatic carbocycles. The van der Waals surface area contributed by atoms with E-state index in [1.54, 1.807) is 41.9 Å². The monoisotopic (exact) mass is 397 g/mol. The lowest BCUT2D eigenvalue weighted by Crippen LogP contribution is -2.32. The highest BCUT2D eigenvalue weighted by molar-refractivity contribution is 7.11. The number of hydrogen-bond donors (Lipinski definition) is 1. The molecule has 8 heteroatoms.